The predicted molar refractivity (Wildman–Crippen MR) is 127 cm³/mol. The zero-order valence-corrected chi connectivity index (χ0v) is 17.8. The summed E-state index contributed by atoms with van der Waals surface area (Å²) in [5.41, 5.74) is 0.111. The molecule has 29 heavy (non-hydrogen) atoms. The molecule has 5 rings (SSSR count). The SMILES string of the molecule is O=c1c2ccccc2sc2c(Sc3ccccc3)cc(Sc3ccccc3)cc12. The third-order valence-electron chi connectivity index (χ3n) is 4.57. The number of hydrogen-bond acceptors (Lipinski definition) is 4. The maximum Gasteiger partial charge on any atom is 0.195 e. The van der Waals surface area contributed by atoms with E-state index < -0.39 is 0 Å². The van der Waals surface area contributed by atoms with Crippen molar-refractivity contribution in [3.05, 3.63) is 107 Å². The molecular weight excluding hydrogens is 412 g/mol. The monoisotopic (exact) mass is 428 g/mol. The van der Waals surface area contributed by atoms with Crippen LogP contribution in [0.15, 0.2) is 121 Å². The Balaban J connectivity index is 1.73. The molecule has 0 N–H and O–H groups in total. The number of benzene rings is 4. The standard InChI is InChI=1S/C25H16OS3/c26-24-20-13-7-8-14-22(20)29-25-21(24)15-19(27-17-9-3-1-4-10-17)16-23(25)28-18-11-5-2-6-12-18/h1-16H. The molecule has 0 fully saturated rings. The van der Waals surface area contributed by atoms with E-state index in [0.717, 1.165) is 30.0 Å². The van der Waals surface area contributed by atoms with Gasteiger partial charge in [-0.3, -0.25) is 4.79 Å². The summed E-state index contributed by atoms with van der Waals surface area (Å²) in [5.74, 6) is 0. The Morgan fingerprint density at radius 3 is 1.93 bits per heavy atom. The van der Waals surface area contributed by atoms with Crippen molar-refractivity contribution in [1.29, 1.82) is 0 Å². The van der Waals surface area contributed by atoms with Crippen LogP contribution in [0, 0.1) is 0 Å². The van der Waals surface area contributed by atoms with Gasteiger partial charge in [-0.05, 0) is 48.5 Å². The van der Waals surface area contributed by atoms with Gasteiger partial charge < -0.3 is 0 Å². The Morgan fingerprint density at radius 2 is 1.21 bits per heavy atom. The topological polar surface area (TPSA) is 17.1 Å². The fourth-order valence-corrected chi connectivity index (χ4v) is 6.46. The van der Waals surface area contributed by atoms with Gasteiger partial charge in [0.05, 0.1) is 4.70 Å². The van der Waals surface area contributed by atoms with Crippen molar-refractivity contribution in [2.75, 3.05) is 0 Å². The minimum absolute atomic E-state index is 0.111. The van der Waals surface area contributed by atoms with E-state index in [4.69, 9.17) is 0 Å². The fraction of sp³-hybridized carbons (Fsp3) is 0. The third-order valence-corrected chi connectivity index (χ3v) is 7.94. The van der Waals surface area contributed by atoms with Crippen molar-refractivity contribution in [2.45, 2.75) is 19.6 Å². The third kappa shape index (κ3) is 3.84. The van der Waals surface area contributed by atoms with Gasteiger partial charge in [-0.15, -0.1) is 11.3 Å². The van der Waals surface area contributed by atoms with Gasteiger partial charge in [0.1, 0.15) is 0 Å². The Morgan fingerprint density at radius 1 is 0.586 bits per heavy atom. The van der Waals surface area contributed by atoms with E-state index >= 15 is 0 Å². The molecule has 0 radical (unpaired) electrons. The zero-order chi connectivity index (χ0) is 19.6. The van der Waals surface area contributed by atoms with E-state index in [0.29, 0.717) is 0 Å². The molecule has 4 aromatic carbocycles. The molecular formula is C25H16OS3. The zero-order valence-electron chi connectivity index (χ0n) is 15.4. The molecule has 0 bridgehead atoms. The van der Waals surface area contributed by atoms with Crippen molar-refractivity contribution in [2.24, 2.45) is 0 Å². The Bertz CT molecular complexity index is 1360. The maximum atomic E-state index is 13.3. The lowest BCUT2D eigenvalue weighted by Crippen LogP contribution is -2.01. The van der Waals surface area contributed by atoms with Crippen LogP contribution in [0.25, 0.3) is 20.2 Å². The van der Waals surface area contributed by atoms with E-state index in [1.54, 1.807) is 34.9 Å². The van der Waals surface area contributed by atoms with Gasteiger partial charge in [-0.2, -0.15) is 0 Å². The Hall–Kier alpha value is -2.53. The summed E-state index contributed by atoms with van der Waals surface area (Å²) in [4.78, 5) is 17.8. The van der Waals surface area contributed by atoms with Crippen LogP contribution in [0.1, 0.15) is 0 Å². The van der Waals surface area contributed by atoms with Crippen LogP contribution in [0.2, 0.25) is 0 Å². The molecule has 0 aliphatic heterocycles. The molecule has 0 aliphatic rings. The number of fused-ring (bicyclic) bond motifs is 2. The average Bonchev–Trinajstić information content (AvgIpc) is 2.76. The summed E-state index contributed by atoms with van der Waals surface area (Å²) in [6.45, 7) is 0. The normalized spacial score (nSPS) is 11.2. The van der Waals surface area contributed by atoms with Crippen LogP contribution in [0.4, 0.5) is 0 Å². The summed E-state index contributed by atoms with van der Waals surface area (Å²) >= 11 is 5.11. The van der Waals surface area contributed by atoms with Crippen LogP contribution in [-0.2, 0) is 0 Å². The quantitative estimate of drug-likeness (QED) is 0.273. The molecule has 1 nitrogen and oxygen atoms in total. The highest BCUT2D eigenvalue weighted by Crippen LogP contribution is 2.40. The number of rotatable bonds is 4. The van der Waals surface area contributed by atoms with E-state index in [9.17, 15) is 4.79 Å². The van der Waals surface area contributed by atoms with Crippen LogP contribution < -0.4 is 5.43 Å². The first-order valence-corrected chi connectivity index (χ1v) is 11.7. The summed E-state index contributed by atoms with van der Waals surface area (Å²) in [6, 6.07) is 32.8. The van der Waals surface area contributed by atoms with E-state index in [-0.39, 0.29) is 5.43 Å². The molecule has 0 atom stereocenters. The van der Waals surface area contributed by atoms with E-state index in [1.165, 1.54) is 9.79 Å². The van der Waals surface area contributed by atoms with Crippen molar-refractivity contribution in [3.63, 3.8) is 0 Å². The van der Waals surface area contributed by atoms with Gasteiger partial charge in [-0.1, -0.05) is 72.1 Å². The molecule has 5 aromatic rings. The van der Waals surface area contributed by atoms with E-state index in [1.807, 2.05) is 66.7 Å². The molecule has 0 amide bonds. The Labute approximate surface area is 181 Å². The lowest BCUT2D eigenvalue weighted by atomic mass is 10.2. The van der Waals surface area contributed by atoms with Crippen LogP contribution >= 0.6 is 34.9 Å². The maximum absolute atomic E-state index is 13.3. The first-order valence-electron chi connectivity index (χ1n) is 9.23. The van der Waals surface area contributed by atoms with Crippen molar-refractivity contribution >= 4 is 55.0 Å². The van der Waals surface area contributed by atoms with Gasteiger partial charge in [0.2, 0.25) is 0 Å². The fourth-order valence-electron chi connectivity index (χ4n) is 3.22. The molecule has 4 heteroatoms. The lowest BCUT2D eigenvalue weighted by Gasteiger charge is -2.10. The first kappa shape index (κ1) is 18.5. The molecule has 0 saturated carbocycles. The second kappa shape index (κ2) is 8.07. The second-order valence-corrected chi connectivity index (χ2v) is 9.87. The molecule has 0 unspecified atom stereocenters. The lowest BCUT2D eigenvalue weighted by molar-refractivity contribution is 1.36. The van der Waals surface area contributed by atoms with Gasteiger partial charge in [0.25, 0.3) is 0 Å². The van der Waals surface area contributed by atoms with Crippen LogP contribution in [-0.4, -0.2) is 0 Å². The highest BCUT2D eigenvalue weighted by molar-refractivity contribution is 8.00. The molecule has 1 heterocycles. The smallest absolute Gasteiger partial charge is 0.195 e. The van der Waals surface area contributed by atoms with Crippen LogP contribution in [0.5, 0.6) is 0 Å². The minimum atomic E-state index is 0.111. The van der Waals surface area contributed by atoms with Crippen molar-refractivity contribution in [3.8, 4) is 0 Å². The van der Waals surface area contributed by atoms with Gasteiger partial charge in [0, 0.05) is 35.1 Å². The number of hydrogen-bond donors (Lipinski definition) is 0. The van der Waals surface area contributed by atoms with Crippen molar-refractivity contribution < 1.29 is 0 Å². The first-order chi connectivity index (χ1) is 14.3. The summed E-state index contributed by atoms with van der Waals surface area (Å²) in [7, 11) is 0. The average molecular weight is 429 g/mol. The van der Waals surface area contributed by atoms with Crippen LogP contribution in [0.3, 0.4) is 0 Å². The highest BCUT2D eigenvalue weighted by Gasteiger charge is 2.13. The Kier molecular flexibility index (Phi) is 5.15. The summed E-state index contributed by atoms with van der Waals surface area (Å²) in [6.07, 6.45) is 0. The largest absolute Gasteiger partial charge is 0.289 e. The second-order valence-electron chi connectivity index (χ2n) is 6.56. The molecule has 140 valence electrons. The molecule has 0 saturated heterocycles. The van der Waals surface area contributed by atoms with Crippen molar-refractivity contribution in [1.82, 2.24) is 0 Å². The minimum Gasteiger partial charge on any atom is -0.289 e. The molecule has 1 aromatic heterocycles. The van der Waals surface area contributed by atoms with Gasteiger partial charge >= 0.3 is 0 Å². The summed E-state index contributed by atoms with van der Waals surface area (Å²) < 4.78 is 2.09. The van der Waals surface area contributed by atoms with Gasteiger partial charge in [-0.25, -0.2) is 0 Å². The highest BCUT2D eigenvalue weighted by atomic mass is 32.2. The predicted octanol–water partition coefficient (Wildman–Crippen LogP) is 7.72. The summed E-state index contributed by atoms with van der Waals surface area (Å²) in [5, 5.41) is 1.59. The molecule has 0 aliphatic carbocycles. The molecule has 0 spiro atoms. The van der Waals surface area contributed by atoms with Gasteiger partial charge in [0.15, 0.2) is 5.43 Å². The van der Waals surface area contributed by atoms with E-state index in [2.05, 4.69) is 30.3 Å².